The molecule has 8 atom stereocenters. The lowest BCUT2D eigenvalue weighted by Crippen LogP contribution is -2.55. The van der Waals surface area contributed by atoms with E-state index < -0.39 is 0 Å². The average Bonchev–Trinajstić information content (AvgIpc) is 3.25. The summed E-state index contributed by atoms with van der Waals surface area (Å²) in [5.41, 5.74) is 2.11. The van der Waals surface area contributed by atoms with E-state index in [0.29, 0.717) is 10.8 Å². The zero-order valence-electron chi connectivity index (χ0n) is 21.0. The molecule has 32 heavy (non-hydrogen) atoms. The Morgan fingerprint density at radius 2 is 1.84 bits per heavy atom. The molecular formula is C30H46N2. The maximum Gasteiger partial charge on any atom is 0.0646 e. The van der Waals surface area contributed by atoms with Crippen molar-refractivity contribution in [1.29, 1.82) is 0 Å². The number of hydrogen-bond acceptors (Lipinski definition) is 1. The van der Waals surface area contributed by atoms with Gasteiger partial charge in [0.15, 0.2) is 0 Å². The zero-order valence-corrected chi connectivity index (χ0v) is 21.0. The van der Waals surface area contributed by atoms with Gasteiger partial charge >= 0.3 is 0 Å². The summed E-state index contributed by atoms with van der Waals surface area (Å²) in [7, 11) is 0. The lowest BCUT2D eigenvalue weighted by molar-refractivity contribution is -0.135. The largest absolute Gasteiger partial charge is 0.271 e. The van der Waals surface area contributed by atoms with E-state index in [-0.39, 0.29) is 0 Å². The Hall–Kier alpha value is -1.23. The van der Waals surface area contributed by atoms with Crippen molar-refractivity contribution in [3.05, 3.63) is 18.0 Å². The standard InChI is InChI=1S/C30H46N2/c1-5-8-23-11-12-27-25-14-17-30(4)24(15-18-32-21-22(6-2)20-31-32)9-7-10-28(30)26(25)13-16-29(27,3)19-23/h2,20-21,23-28H,5,7-19H2,1,3-4H3. The molecule has 1 aromatic rings. The van der Waals surface area contributed by atoms with Crippen LogP contribution in [-0.4, -0.2) is 9.78 Å². The molecule has 0 bridgehead atoms. The van der Waals surface area contributed by atoms with Crippen LogP contribution in [0.25, 0.3) is 0 Å². The lowest BCUT2D eigenvalue weighted by atomic mass is 9.42. The Morgan fingerprint density at radius 3 is 2.62 bits per heavy atom. The molecule has 2 heteroatoms. The third kappa shape index (κ3) is 3.86. The molecule has 4 fully saturated rings. The van der Waals surface area contributed by atoms with Gasteiger partial charge in [0, 0.05) is 12.7 Å². The molecule has 5 rings (SSSR count). The van der Waals surface area contributed by atoms with Gasteiger partial charge in [0.1, 0.15) is 0 Å². The summed E-state index contributed by atoms with van der Waals surface area (Å²) in [6, 6.07) is 0. The van der Waals surface area contributed by atoms with E-state index in [1.54, 1.807) is 0 Å². The number of fused-ring (bicyclic) bond motifs is 5. The van der Waals surface area contributed by atoms with Gasteiger partial charge in [-0.3, -0.25) is 4.68 Å². The van der Waals surface area contributed by atoms with Gasteiger partial charge in [-0.2, -0.15) is 5.10 Å². The van der Waals surface area contributed by atoms with E-state index in [1.807, 2.05) is 6.20 Å². The first-order valence-electron chi connectivity index (χ1n) is 14.0. The van der Waals surface area contributed by atoms with Crippen molar-refractivity contribution >= 4 is 0 Å². The van der Waals surface area contributed by atoms with Crippen molar-refractivity contribution in [3.63, 3.8) is 0 Å². The smallest absolute Gasteiger partial charge is 0.0646 e. The minimum absolute atomic E-state index is 0.550. The third-order valence-corrected chi connectivity index (χ3v) is 11.2. The fraction of sp³-hybridized carbons (Fsp3) is 0.833. The molecule has 0 spiro atoms. The molecule has 0 aliphatic heterocycles. The summed E-state index contributed by atoms with van der Waals surface area (Å²) < 4.78 is 2.09. The minimum atomic E-state index is 0.550. The fourth-order valence-electron chi connectivity index (χ4n) is 9.71. The van der Waals surface area contributed by atoms with Gasteiger partial charge in [-0.25, -0.2) is 0 Å². The van der Waals surface area contributed by atoms with Crippen LogP contribution in [0.2, 0.25) is 0 Å². The van der Waals surface area contributed by atoms with Gasteiger partial charge in [-0.05, 0) is 104 Å². The van der Waals surface area contributed by atoms with E-state index in [4.69, 9.17) is 6.42 Å². The maximum atomic E-state index is 5.55. The van der Waals surface area contributed by atoms with Gasteiger partial charge in [-0.1, -0.05) is 52.4 Å². The van der Waals surface area contributed by atoms with Crippen LogP contribution in [-0.2, 0) is 6.54 Å². The van der Waals surface area contributed by atoms with E-state index in [2.05, 4.69) is 42.7 Å². The molecule has 0 aromatic carbocycles. The topological polar surface area (TPSA) is 17.8 Å². The first-order valence-corrected chi connectivity index (χ1v) is 14.0. The molecule has 0 amide bonds. The predicted molar refractivity (Wildman–Crippen MR) is 133 cm³/mol. The van der Waals surface area contributed by atoms with Crippen LogP contribution in [0.4, 0.5) is 0 Å². The Bertz CT molecular complexity index is 832. The quantitative estimate of drug-likeness (QED) is 0.434. The molecule has 1 heterocycles. The highest BCUT2D eigenvalue weighted by Gasteiger charge is 2.57. The van der Waals surface area contributed by atoms with Gasteiger partial charge in [-0.15, -0.1) is 6.42 Å². The molecular weight excluding hydrogens is 388 g/mol. The van der Waals surface area contributed by atoms with Crippen molar-refractivity contribution in [1.82, 2.24) is 9.78 Å². The Balaban J connectivity index is 1.29. The van der Waals surface area contributed by atoms with Gasteiger partial charge in [0.25, 0.3) is 0 Å². The summed E-state index contributed by atoms with van der Waals surface area (Å²) in [6.45, 7) is 8.80. The monoisotopic (exact) mass is 434 g/mol. The van der Waals surface area contributed by atoms with Crippen molar-refractivity contribution in [2.24, 2.45) is 46.3 Å². The highest BCUT2D eigenvalue weighted by Crippen LogP contribution is 2.66. The third-order valence-electron chi connectivity index (χ3n) is 11.2. The normalized spacial score (nSPS) is 43.6. The second-order valence-electron chi connectivity index (χ2n) is 12.8. The maximum absolute atomic E-state index is 5.55. The molecule has 0 radical (unpaired) electrons. The van der Waals surface area contributed by atoms with Gasteiger partial charge in [0.2, 0.25) is 0 Å². The average molecular weight is 435 g/mol. The second kappa shape index (κ2) is 8.85. The number of rotatable bonds is 5. The Morgan fingerprint density at radius 1 is 1.03 bits per heavy atom. The molecule has 4 saturated carbocycles. The van der Waals surface area contributed by atoms with Crippen LogP contribution < -0.4 is 0 Å². The fourth-order valence-corrected chi connectivity index (χ4v) is 9.71. The van der Waals surface area contributed by atoms with Crippen LogP contribution in [0.1, 0.15) is 110 Å². The van der Waals surface area contributed by atoms with Crippen LogP contribution in [0.15, 0.2) is 12.4 Å². The lowest BCUT2D eigenvalue weighted by Gasteiger charge is -2.63. The molecule has 4 aliphatic carbocycles. The molecule has 2 nitrogen and oxygen atoms in total. The molecule has 1 aromatic heterocycles. The van der Waals surface area contributed by atoms with E-state index in [9.17, 15) is 0 Å². The molecule has 176 valence electrons. The van der Waals surface area contributed by atoms with Gasteiger partial charge < -0.3 is 0 Å². The number of terminal acetylenes is 1. The van der Waals surface area contributed by atoms with Crippen molar-refractivity contribution in [2.75, 3.05) is 0 Å². The molecule has 0 saturated heterocycles. The second-order valence-corrected chi connectivity index (χ2v) is 12.8. The summed E-state index contributed by atoms with van der Waals surface area (Å²) in [6.07, 6.45) is 28.5. The van der Waals surface area contributed by atoms with Crippen LogP contribution in [0.5, 0.6) is 0 Å². The van der Waals surface area contributed by atoms with E-state index in [1.165, 1.54) is 83.5 Å². The Labute approximate surface area is 197 Å². The summed E-state index contributed by atoms with van der Waals surface area (Å²) >= 11 is 0. The Kier molecular flexibility index (Phi) is 6.24. The predicted octanol–water partition coefficient (Wildman–Crippen LogP) is 7.72. The minimum Gasteiger partial charge on any atom is -0.271 e. The van der Waals surface area contributed by atoms with E-state index >= 15 is 0 Å². The van der Waals surface area contributed by atoms with Crippen molar-refractivity contribution in [3.8, 4) is 12.3 Å². The number of aromatic nitrogens is 2. The highest BCUT2D eigenvalue weighted by atomic mass is 15.3. The number of aryl methyl sites for hydroxylation is 1. The number of hydrogen-bond donors (Lipinski definition) is 0. The summed E-state index contributed by atoms with van der Waals surface area (Å²) in [5.74, 6) is 8.62. The number of nitrogens with zero attached hydrogens (tertiary/aromatic N) is 2. The zero-order chi connectivity index (χ0) is 22.3. The van der Waals surface area contributed by atoms with E-state index in [0.717, 1.165) is 47.6 Å². The van der Waals surface area contributed by atoms with Gasteiger partial charge in [0.05, 0.1) is 11.8 Å². The van der Waals surface area contributed by atoms with Crippen LogP contribution in [0, 0.1) is 58.7 Å². The first-order chi connectivity index (χ1) is 15.5. The first kappa shape index (κ1) is 22.6. The van der Waals surface area contributed by atoms with Crippen LogP contribution >= 0.6 is 0 Å². The molecule has 8 unspecified atom stereocenters. The van der Waals surface area contributed by atoms with Crippen LogP contribution in [0.3, 0.4) is 0 Å². The summed E-state index contributed by atoms with van der Waals surface area (Å²) in [4.78, 5) is 0. The SMILES string of the molecule is C#Cc1cnn(CCC2CCCC3C4CCC5(C)CC(CCC)CCC5C4CCC23C)c1. The summed E-state index contributed by atoms with van der Waals surface area (Å²) in [5, 5.41) is 4.51. The molecule has 4 aliphatic rings. The van der Waals surface area contributed by atoms with Crippen molar-refractivity contribution in [2.45, 2.75) is 111 Å². The highest BCUT2D eigenvalue weighted by molar-refractivity contribution is 5.26. The van der Waals surface area contributed by atoms with Crippen molar-refractivity contribution < 1.29 is 0 Å². The molecule has 0 N–H and O–H groups in total.